The number of benzene rings is 2. The van der Waals surface area contributed by atoms with E-state index >= 15 is 0 Å². The molecule has 0 fully saturated rings. The molecule has 4 aromatic rings. The Morgan fingerprint density at radius 1 is 0.600 bits per heavy atom. The second-order valence-corrected chi connectivity index (χ2v) is 7.02. The zero-order valence-corrected chi connectivity index (χ0v) is 17.3. The van der Waals surface area contributed by atoms with Crippen molar-refractivity contribution in [3.8, 4) is 11.4 Å². The minimum absolute atomic E-state index is 0.204. The number of nitrogens with zero attached hydrogens (tertiary/aromatic N) is 6. The fraction of sp³-hybridized carbons (Fsp3) is 0.182. The summed E-state index contributed by atoms with van der Waals surface area (Å²) in [4.78, 5) is 26.0. The first-order valence-corrected chi connectivity index (χ1v) is 9.51. The summed E-state index contributed by atoms with van der Waals surface area (Å²) in [7, 11) is 3.58. The van der Waals surface area contributed by atoms with E-state index in [1.54, 1.807) is 37.3 Å². The molecule has 30 heavy (non-hydrogen) atoms. The van der Waals surface area contributed by atoms with Crippen LogP contribution >= 0.6 is 0 Å². The summed E-state index contributed by atoms with van der Waals surface area (Å²) < 4.78 is 6.52. The van der Waals surface area contributed by atoms with E-state index in [9.17, 15) is 9.59 Å². The van der Waals surface area contributed by atoms with Gasteiger partial charge in [0, 0.05) is 14.1 Å². The van der Waals surface area contributed by atoms with E-state index in [2.05, 4.69) is 10.2 Å². The van der Waals surface area contributed by atoms with Crippen molar-refractivity contribution in [2.24, 2.45) is 24.3 Å². The maximum Gasteiger partial charge on any atom is 0.299 e. The van der Waals surface area contributed by atoms with E-state index in [4.69, 9.17) is 0 Å². The molecule has 0 atom stereocenters. The fourth-order valence-corrected chi connectivity index (χ4v) is 3.44. The Morgan fingerprint density at radius 2 is 0.933 bits per heavy atom. The minimum atomic E-state index is -0.290. The molecule has 0 spiro atoms. The molecule has 0 N–H and O–H groups in total. The Labute approximate surface area is 172 Å². The monoisotopic (exact) mass is 402 g/mol. The molecule has 0 saturated carbocycles. The van der Waals surface area contributed by atoms with Crippen LogP contribution in [0.4, 0.5) is 11.4 Å². The van der Waals surface area contributed by atoms with Crippen LogP contribution in [0.2, 0.25) is 0 Å². The molecule has 4 rings (SSSR count). The highest BCUT2D eigenvalue weighted by atomic mass is 16.1. The van der Waals surface area contributed by atoms with Crippen molar-refractivity contribution < 1.29 is 0 Å². The quantitative estimate of drug-likeness (QED) is 0.488. The third-order valence-corrected chi connectivity index (χ3v) is 5.30. The van der Waals surface area contributed by atoms with Crippen LogP contribution in [0.5, 0.6) is 0 Å². The van der Waals surface area contributed by atoms with Crippen LogP contribution in [-0.2, 0) is 14.1 Å². The van der Waals surface area contributed by atoms with E-state index in [0.717, 1.165) is 11.4 Å². The van der Waals surface area contributed by atoms with Crippen LogP contribution in [0, 0.1) is 13.8 Å². The van der Waals surface area contributed by atoms with Crippen molar-refractivity contribution >= 4 is 11.4 Å². The van der Waals surface area contributed by atoms with Gasteiger partial charge in [0.1, 0.15) is 0 Å². The molecule has 0 aliphatic heterocycles. The maximum atomic E-state index is 13.0. The molecule has 0 aliphatic carbocycles. The van der Waals surface area contributed by atoms with Crippen molar-refractivity contribution in [1.82, 2.24) is 18.7 Å². The van der Waals surface area contributed by atoms with Gasteiger partial charge in [-0.1, -0.05) is 36.4 Å². The molecule has 0 aliphatic rings. The lowest BCUT2D eigenvalue weighted by atomic mass is 10.3. The highest BCUT2D eigenvalue weighted by Crippen LogP contribution is 2.22. The Kier molecular flexibility index (Phi) is 4.83. The lowest BCUT2D eigenvalue weighted by molar-refractivity contribution is 0.630. The van der Waals surface area contributed by atoms with Gasteiger partial charge in [0.25, 0.3) is 11.1 Å². The van der Waals surface area contributed by atoms with Crippen LogP contribution in [0.1, 0.15) is 11.4 Å². The van der Waals surface area contributed by atoms with E-state index < -0.39 is 0 Å². The smallest absolute Gasteiger partial charge is 0.283 e. The average Bonchev–Trinajstić information content (AvgIpc) is 3.10. The Morgan fingerprint density at radius 3 is 1.27 bits per heavy atom. The molecule has 152 valence electrons. The van der Waals surface area contributed by atoms with Crippen LogP contribution in [0.15, 0.2) is 80.5 Å². The van der Waals surface area contributed by atoms with Gasteiger partial charge in [0.05, 0.1) is 22.8 Å². The van der Waals surface area contributed by atoms with E-state index in [-0.39, 0.29) is 22.5 Å². The summed E-state index contributed by atoms with van der Waals surface area (Å²) in [6.07, 6.45) is 0. The molecule has 8 heteroatoms. The van der Waals surface area contributed by atoms with Crippen LogP contribution < -0.4 is 11.1 Å². The topological polar surface area (TPSA) is 78.6 Å². The maximum absolute atomic E-state index is 13.0. The zero-order chi connectivity index (χ0) is 21.4. The Bertz CT molecular complexity index is 1250. The van der Waals surface area contributed by atoms with Gasteiger partial charge >= 0.3 is 0 Å². The second-order valence-electron chi connectivity index (χ2n) is 7.02. The van der Waals surface area contributed by atoms with Gasteiger partial charge in [-0.15, -0.1) is 10.2 Å². The van der Waals surface area contributed by atoms with Crippen molar-refractivity contribution in [3.63, 3.8) is 0 Å². The van der Waals surface area contributed by atoms with Crippen molar-refractivity contribution in [2.45, 2.75) is 13.8 Å². The van der Waals surface area contributed by atoms with Crippen LogP contribution in [-0.4, -0.2) is 18.7 Å². The SMILES string of the molecule is Cc1c(N=Nc2c(C)n(C)n(-c3ccccc3)c2=O)c(=O)n(-c2ccccc2)n1C. The summed E-state index contributed by atoms with van der Waals surface area (Å²) >= 11 is 0. The third kappa shape index (κ3) is 3.02. The first-order chi connectivity index (χ1) is 14.4. The second kappa shape index (κ2) is 7.47. The summed E-state index contributed by atoms with van der Waals surface area (Å²) in [6.45, 7) is 3.60. The van der Waals surface area contributed by atoms with Crippen molar-refractivity contribution in [2.75, 3.05) is 0 Å². The highest BCUT2D eigenvalue weighted by molar-refractivity contribution is 5.47. The van der Waals surface area contributed by atoms with Crippen molar-refractivity contribution in [1.29, 1.82) is 0 Å². The fourth-order valence-electron chi connectivity index (χ4n) is 3.44. The predicted molar refractivity (Wildman–Crippen MR) is 116 cm³/mol. The Balaban J connectivity index is 1.82. The lowest BCUT2D eigenvalue weighted by Crippen LogP contribution is -2.19. The van der Waals surface area contributed by atoms with E-state index in [1.165, 1.54) is 9.36 Å². The van der Waals surface area contributed by atoms with Crippen molar-refractivity contribution in [3.05, 3.63) is 92.8 Å². The van der Waals surface area contributed by atoms with Gasteiger partial charge in [0.15, 0.2) is 11.4 Å². The molecule has 2 aromatic heterocycles. The molecular weight excluding hydrogens is 380 g/mol. The normalized spacial score (nSPS) is 11.5. The molecular formula is C22H22N6O2. The molecule has 0 saturated heterocycles. The first-order valence-electron chi connectivity index (χ1n) is 9.51. The predicted octanol–water partition coefficient (Wildman–Crippen LogP) is 3.70. The zero-order valence-electron chi connectivity index (χ0n) is 17.3. The molecule has 2 aromatic carbocycles. The van der Waals surface area contributed by atoms with Gasteiger partial charge in [-0.25, -0.2) is 9.36 Å². The summed E-state index contributed by atoms with van der Waals surface area (Å²) in [5.74, 6) is 0. The number of aromatic nitrogens is 4. The summed E-state index contributed by atoms with van der Waals surface area (Å²) in [6, 6.07) is 18.6. The average molecular weight is 402 g/mol. The first kappa shape index (κ1) is 19.4. The number of rotatable bonds is 4. The van der Waals surface area contributed by atoms with Gasteiger partial charge in [0.2, 0.25) is 0 Å². The minimum Gasteiger partial charge on any atom is -0.283 e. The van der Waals surface area contributed by atoms with Gasteiger partial charge in [-0.3, -0.25) is 19.0 Å². The summed E-state index contributed by atoms with van der Waals surface area (Å²) in [5, 5.41) is 8.39. The van der Waals surface area contributed by atoms with E-state index in [0.29, 0.717) is 11.4 Å². The molecule has 0 unspecified atom stereocenters. The number of para-hydroxylation sites is 2. The standard InChI is InChI=1S/C22H22N6O2/c1-15-19(21(29)27(25(15)3)17-11-7-5-8-12-17)23-24-20-16(2)26(4)28(22(20)30)18-13-9-6-10-14-18/h5-14H,1-4H3. The van der Waals surface area contributed by atoms with Crippen LogP contribution in [0.25, 0.3) is 11.4 Å². The largest absolute Gasteiger partial charge is 0.299 e. The Hall–Kier alpha value is -3.94. The number of hydrogen-bond donors (Lipinski definition) is 0. The van der Waals surface area contributed by atoms with Gasteiger partial charge in [-0.05, 0) is 38.1 Å². The molecule has 2 heterocycles. The van der Waals surface area contributed by atoms with Gasteiger partial charge < -0.3 is 0 Å². The van der Waals surface area contributed by atoms with Crippen LogP contribution in [0.3, 0.4) is 0 Å². The highest BCUT2D eigenvalue weighted by Gasteiger charge is 2.18. The molecule has 0 amide bonds. The third-order valence-electron chi connectivity index (χ3n) is 5.30. The summed E-state index contributed by atoms with van der Waals surface area (Å²) in [5.41, 5.74) is 2.61. The van der Waals surface area contributed by atoms with E-state index in [1.807, 2.05) is 60.7 Å². The molecule has 8 nitrogen and oxygen atoms in total. The number of azo groups is 1. The van der Waals surface area contributed by atoms with Gasteiger partial charge in [-0.2, -0.15) is 0 Å². The number of hydrogen-bond acceptors (Lipinski definition) is 4. The molecule has 0 bridgehead atoms. The molecule has 0 radical (unpaired) electrons. The lowest BCUT2D eigenvalue weighted by Gasteiger charge is -2.07.